The van der Waals surface area contributed by atoms with E-state index in [-0.39, 0.29) is 17.9 Å². The minimum atomic E-state index is -1.34. The summed E-state index contributed by atoms with van der Waals surface area (Å²) in [6.07, 6.45) is -1.34. The number of H-pyrrole nitrogens is 1. The Morgan fingerprint density at radius 2 is 1.75 bits per heavy atom. The highest BCUT2D eigenvalue weighted by Gasteiger charge is 2.27. The molecule has 28 heavy (non-hydrogen) atoms. The van der Waals surface area contributed by atoms with Gasteiger partial charge < -0.3 is 19.8 Å². The monoisotopic (exact) mass is 394 g/mol. The van der Waals surface area contributed by atoms with Crippen LogP contribution < -0.4 is 5.32 Å². The lowest BCUT2D eigenvalue weighted by Gasteiger charge is -2.14. The van der Waals surface area contributed by atoms with E-state index in [1.165, 1.54) is 13.8 Å². The minimum absolute atomic E-state index is 0.0831. The number of halogens is 2. The quantitative estimate of drug-likeness (QED) is 0.733. The molecular weight excluding hydrogens is 374 g/mol. The Bertz CT molecular complexity index is 903. The van der Waals surface area contributed by atoms with Crippen LogP contribution in [0.1, 0.15) is 46.0 Å². The summed E-state index contributed by atoms with van der Waals surface area (Å²) >= 11 is 0. The highest BCUT2D eigenvalue weighted by molar-refractivity contribution is 6.01. The molecule has 0 aliphatic heterocycles. The van der Waals surface area contributed by atoms with E-state index in [1.807, 2.05) is 0 Å². The van der Waals surface area contributed by atoms with Gasteiger partial charge in [-0.2, -0.15) is 0 Å². The van der Waals surface area contributed by atoms with Gasteiger partial charge >= 0.3 is 11.9 Å². The van der Waals surface area contributed by atoms with Gasteiger partial charge in [0.1, 0.15) is 23.0 Å². The van der Waals surface area contributed by atoms with Crippen LogP contribution in [-0.2, 0) is 14.3 Å². The lowest BCUT2D eigenvalue weighted by atomic mass is 10.1. The second-order valence-corrected chi connectivity index (χ2v) is 5.98. The van der Waals surface area contributed by atoms with Gasteiger partial charge in [-0.1, -0.05) is 6.07 Å². The van der Waals surface area contributed by atoms with Crippen LogP contribution in [0.5, 0.6) is 0 Å². The number of carbonyl (C=O) groups is 3. The van der Waals surface area contributed by atoms with Crippen LogP contribution >= 0.6 is 0 Å². The molecule has 0 radical (unpaired) electrons. The maximum atomic E-state index is 13.6. The van der Waals surface area contributed by atoms with Gasteiger partial charge in [-0.15, -0.1) is 0 Å². The molecule has 1 aromatic heterocycles. The molecule has 1 atom stereocenters. The average molecular weight is 394 g/mol. The smallest absolute Gasteiger partial charge is 0.355 e. The number of carbonyl (C=O) groups excluding carboxylic acids is 3. The Morgan fingerprint density at radius 3 is 2.32 bits per heavy atom. The van der Waals surface area contributed by atoms with Crippen LogP contribution in [0.4, 0.5) is 14.5 Å². The third-order valence-electron chi connectivity index (χ3n) is 3.99. The van der Waals surface area contributed by atoms with Crippen LogP contribution in [0.25, 0.3) is 0 Å². The molecule has 1 heterocycles. The van der Waals surface area contributed by atoms with E-state index in [4.69, 9.17) is 9.47 Å². The first-order valence-electron chi connectivity index (χ1n) is 8.49. The average Bonchev–Trinajstić information content (AvgIpc) is 2.92. The number of aryl methyl sites for hydroxylation is 1. The van der Waals surface area contributed by atoms with Crippen LogP contribution in [0.2, 0.25) is 0 Å². The van der Waals surface area contributed by atoms with E-state index < -0.39 is 41.3 Å². The summed E-state index contributed by atoms with van der Waals surface area (Å²) in [4.78, 5) is 39.3. The molecule has 0 fully saturated rings. The number of nitrogens with one attached hydrogen (secondary N) is 2. The minimum Gasteiger partial charge on any atom is -0.461 e. The molecule has 0 saturated carbocycles. The zero-order valence-electron chi connectivity index (χ0n) is 15.8. The Balaban J connectivity index is 2.14. The molecule has 1 amide bonds. The van der Waals surface area contributed by atoms with Gasteiger partial charge in [0.05, 0.1) is 12.2 Å². The number of benzene rings is 1. The largest absolute Gasteiger partial charge is 0.461 e. The number of anilines is 1. The molecule has 0 aliphatic rings. The van der Waals surface area contributed by atoms with Gasteiger partial charge in [0.25, 0.3) is 5.91 Å². The molecule has 2 aromatic rings. The van der Waals surface area contributed by atoms with Crippen LogP contribution in [0.3, 0.4) is 0 Å². The van der Waals surface area contributed by atoms with Gasteiger partial charge in [0.2, 0.25) is 0 Å². The molecule has 7 nitrogen and oxygen atoms in total. The van der Waals surface area contributed by atoms with E-state index in [0.29, 0.717) is 11.3 Å². The first-order chi connectivity index (χ1) is 13.2. The number of rotatable bonds is 6. The third kappa shape index (κ3) is 4.36. The lowest BCUT2D eigenvalue weighted by Crippen LogP contribution is -2.31. The molecule has 0 unspecified atom stereocenters. The summed E-state index contributed by atoms with van der Waals surface area (Å²) in [7, 11) is 0. The van der Waals surface area contributed by atoms with E-state index in [0.717, 1.165) is 18.2 Å². The predicted molar refractivity (Wildman–Crippen MR) is 96.1 cm³/mol. The van der Waals surface area contributed by atoms with E-state index in [2.05, 4.69) is 10.3 Å². The van der Waals surface area contributed by atoms with E-state index in [1.54, 1.807) is 13.8 Å². The molecule has 0 spiro atoms. The van der Waals surface area contributed by atoms with E-state index in [9.17, 15) is 23.2 Å². The zero-order valence-corrected chi connectivity index (χ0v) is 15.8. The number of para-hydroxylation sites is 1. The number of ether oxygens (including phenoxy) is 2. The van der Waals surface area contributed by atoms with Gasteiger partial charge in [-0.05, 0) is 45.4 Å². The van der Waals surface area contributed by atoms with Crippen molar-refractivity contribution in [1.82, 2.24) is 4.98 Å². The Kier molecular flexibility index (Phi) is 6.50. The number of aromatic amines is 1. The van der Waals surface area contributed by atoms with Crippen molar-refractivity contribution in [3.8, 4) is 0 Å². The molecule has 150 valence electrons. The Labute approximate surface area is 160 Å². The summed E-state index contributed by atoms with van der Waals surface area (Å²) in [6.45, 7) is 6.17. The summed E-state index contributed by atoms with van der Waals surface area (Å²) in [6, 6.07) is 3.12. The van der Waals surface area contributed by atoms with Crippen LogP contribution in [0, 0.1) is 25.5 Å². The van der Waals surface area contributed by atoms with Crippen LogP contribution in [0.15, 0.2) is 18.2 Å². The van der Waals surface area contributed by atoms with Crippen molar-refractivity contribution >= 4 is 23.5 Å². The van der Waals surface area contributed by atoms with E-state index >= 15 is 0 Å². The molecule has 2 N–H and O–H groups in total. The third-order valence-corrected chi connectivity index (χ3v) is 3.99. The predicted octanol–water partition coefficient (Wildman–Crippen LogP) is 3.27. The number of hydrogen-bond acceptors (Lipinski definition) is 5. The topological polar surface area (TPSA) is 97.5 Å². The summed E-state index contributed by atoms with van der Waals surface area (Å²) < 4.78 is 37.3. The molecule has 2 rings (SSSR count). The second kappa shape index (κ2) is 8.64. The normalized spacial score (nSPS) is 11.6. The fraction of sp³-hybridized carbons (Fsp3) is 0.316. The number of amides is 1. The standard InChI is InChI=1S/C19H20F2N2O5/c1-5-27-19(26)15-9(2)14(10(3)22-15)18(25)28-11(4)17(24)23-16-12(20)7-6-8-13(16)21/h6-8,11,22H,5H2,1-4H3,(H,23,24)/t11-/m1/s1. The molecule has 9 heteroatoms. The van der Waals surface area contributed by atoms with Crippen molar-refractivity contribution in [3.05, 3.63) is 52.3 Å². The van der Waals surface area contributed by atoms with Gasteiger partial charge in [-0.3, -0.25) is 4.79 Å². The van der Waals surface area contributed by atoms with Gasteiger partial charge in [0, 0.05) is 5.69 Å². The molecule has 0 saturated heterocycles. The highest BCUT2D eigenvalue weighted by atomic mass is 19.1. The number of aromatic nitrogens is 1. The Hall–Kier alpha value is -3.23. The van der Waals surface area contributed by atoms with Crippen molar-refractivity contribution in [1.29, 1.82) is 0 Å². The van der Waals surface area contributed by atoms with Crippen molar-refractivity contribution in [2.24, 2.45) is 0 Å². The molecule has 0 bridgehead atoms. The number of hydrogen-bond donors (Lipinski definition) is 2. The van der Waals surface area contributed by atoms with Gasteiger partial charge in [-0.25, -0.2) is 18.4 Å². The SMILES string of the molecule is CCOC(=O)c1[nH]c(C)c(C(=O)O[C@H](C)C(=O)Nc2c(F)cccc2F)c1C. The van der Waals surface area contributed by atoms with Crippen molar-refractivity contribution < 1.29 is 32.6 Å². The number of esters is 2. The summed E-state index contributed by atoms with van der Waals surface area (Å²) in [5.74, 6) is -4.30. The highest BCUT2D eigenvalue weighted by Crippen LogP contribution is 2.21. The first kappa shape index (κ1) is 21.1. The maximum Gasteiger partial charge on any atom is 0.355 e. The molecule has 0 aliphatic carbocycles. The van der Waals surface area contributed by atoms with Gasteiger partial charge in [0.15, 0.2) is 6.10 Å². The molecule has 1 aromatic carbocycles. The first-order valence-corrected chi connectivity index (χ1v) is 8.49. The summed E-state index contributed by atoms with van der Waals surface area (Å²) in [5.41, 5.74) is 0.234. The fourth-order valence-corrected chi connectivity index (χ4v) is 2.58. The molecular formula is C19H20F2N2O5. The Morgan fingerprint density at radius 1 is 1.14 bits per heavy atom. The van der Waals surface area contributed by atoms with Crippen molar-refractivity contribution in [2.75, 3.05) is 11.9 Å². The maximum absolute atomic E-state index is 13.6. The van der Waals surface area contributed by atoms with Crippen molar-refractivity contribution in [3.63, 3.8) is 0 Å². The van der Waals surface area contributed by atoms with Crippen LogP contribution in [-0.4, -0.2) is 35.5 Å². The van der Waals surface area contributed by atoms with Crippen molar-refractivity contribution in [2.45, 2.75) is 33.8 Å². The fourth-order valence-electron chi connectivity index (χ4n) is 2.58. The summed E-state index contributed by atoms with van der Waals surface area (Å²) in [5, 5.41) is 2.06. The lowest BCUT2D eigenvalue weighted by molar-refractivity contribution is -0.123. The zero-order chi connectivity index (χ0) is 21.0. The second-order valence-electron chi connectivity index (χ2n) is 5.98.